The number of nitrogens with zero attached hydrogens (tertiary/aromatic N) is 1. The second-order valence-electron chi connectivity index (χ2n) is 5.53. The third-order valence-corrected chi connectivity index (χ3v) is 3.83. The van der Waals surface area contributed by atoms with Gasteiger partial charge >= 0.3 is 5.97 Å². The zero-order valence-electron chi connectivity index (χ0n) is 13.1. The van der Waals surface area contributed by atoms with Crippen LogP contribution >= 0.6 is 0 Å². The number of aromatic carboxylic acids is 1. The Bertz CT molecular complexity index is 772. The van der Waals surface area contributed by atoms with Gasteiger partial charge in [-0.25, -0.2) is 9.18 Å². The lowest BCUT2D eigenvalue weighted by Gasteiger charge is -2.19. The molecule has 0 saturated carbocycles. The van der Waals surface area contributed by atoms with Crippen molar-refractivity contribution in [3.05, 3.63) is 65.0 Å². The maximum absolute atomic E-state index is 14.3. The Labute approximate surface area is 139 Å². The van der Waals surface area contributed by atoms with Crippen LogP contribution in [0.15, 0.2) is 47.5 Å². The highest BCUT2D eigenvalue weighted by Gasteiger charge is 2.16. The molecule has 0 fully saturated rings. The number of carboxylic acids is 1. The van der Waals surface area contributed by atoms with E-state index < -0.39 is 5.97 Å². The molecule has 0 unspecified atom stereocenters. The number of benzene rings is 2. The van der Waals surface area contributed by atoms with Crippen molar-refractivity contribution in [2.75, 3.05) is 18.4 Å². The smallest absolute Gasteiger partial charge is 0.335 e. The molecule has 1 aliphatic heterocycles. The lowest BCUT2D eigenvalue weighted by molar-refractivity contribution is 0.0697. The van der Waals surface area contributed by atoms with E-state index in [2.05, 4.69) is 15.6 Å². The Morgan fingerprint density at radius 2 is 2.04 bits per heavy atom. The maximum Gasteiger partial charge on any atom is 0.335 e. The van der Waals surface area contributed by atoms with Crippen LogP contribution < -0.4 is 10.6 Å². The third-order valence-electron chi connectivity index (χ3n) is 3.83. The highest BCUT2D eigenvalue weighted by Crippen LogP contribution is 2.21. The van der Waals surface area contributed by atoms with Gasteiger partial charge in [0.1, 0.15) is 11.7 Å². The van der Waals surface area contributed by atoms with E-state index in [1.165, 1.54) is 6.07 Å². The molecule has 5 nitrogen and oxygen atoms in total. The summed E-state index contributed by atoms with van der Waals surface area (Å²) in [4.78, 5) is 15.2. The summed E-state index contributed by atoms with van der Waals surface area (Å²) < 4.78 is 14.3. The van der Waals surface area contributed by atoms with Crippen LogP contribution in [0.1, 0.15) is 27.9 Å². The molecule has 1 heterocycles. The van der Waals surface area contributed by atoms with Gasteiger partial charge in [-0.1, -0.05) is 18.2 Å². The molecule has 0 radical (unpaired) electrons. The molecule has 0 aromatic heterocycles. The number of anilines is 1. The van der Waals surface area contributed by atoms with E-state index in [1.54, 1.807) is 30.3 Å². The molecule has 0 saturated heterocycles. The zero-order valence-corrected chi connectivity index (χ0v) is 13.1. The molecular formula is C18H18FN3O2. The first-order chi connectivity index (χ1) is 11.6. The molecule has 0 atom stereocenters. The van der Waals surface area contributed by atoms with Crippen LogP contribution in [0, 0.1) is 5.82 Å². The number of aliphatic imine (C=N–C) groups is 1. The Kier molecular flexibility index (Phi) is 4.74. The molecule has 3 rings (SSSR count). The topological polar surface area (TPSA) is 73.7 Å². The van der Waals surface area contributed by atoms with E-state index in [1.807, 2.05) is 6.07 Å². The van der Waals surface area contributed by atoms with Gasteiger partial charge in [-0.2, -0.15) is 0 Å². The van der Waals surface area contributed by atoms with Crippen LogP contribution in [-0.2, 0) is 6.54 Å². The minimum absolute atomic E-state index is 0.242. The Morgan fingerprint density at radius 1 is 1.25 bits per heavy atom. The third kappa shape index (κ3) is 3.53. The summed E-state index contributed by atoms with van der Waals surface area (Å²) in [6, 6.07) is 11.5. The Balaban J connectivity index is 1.79. The van der Waals surface area contributed by atoms with Gasteiger partial charge in [-0.15, -0.1) is 0 Å². The Morgan fingerprint density at radius 3 is 2.71 bits per heavy atom. The second-order valence-corrected chi connectivity index (χ2v) is 5.53. The van der Waals surface area contributed by atoms with Crippen molar-refractivity contribution >= 4 is 17.5 Å². The van der Waals surface area contributed by atoms with Crippen molar-refractivity contribution in [2.24, 2.45) is 4.99 Å². The number of carbonyl (C=O) groups is 1. The highest BCUT2D eigenvalue weighted by atomic mass is 19.1. The summed E-state index contributed by atoms with van der Waals surface area (Å²) >= 11 is 0. The number of hydrogen-bond donors (Lipinski definition) is 3. The van der Waals surface area contributed by atoms with Crippen LogP contribution in [-0.4, -0.2) is 30.0 Å². The molecule has 2 aromatic rings. The predicted octanol–water partition coefficient (Wildman–Crippen LogP) is 2.88. The van der Waals surface area contributed by atoms with Crippen LogP contribution in [0.25, 0.3) is 0 Å². The highest BCUT2D eigenvalue weighted by molar-refractivity contribution is 6.04. The van der Waals surface area contributed by atoms with Gasteiger partial charge < -0.3 is 15.7 Å². The average Bonchev–Trinajstić information content (AvgIpc) is 2.61. The lowest BCUT2D eigenvalue weighted by Crippen LogP contribution is -2.31. The summed E-state index contributed by atoms with van der Waals surface area (Å²) in [5.41, 5.74) is 2.25. The van der Waals surface area contributed by atoms with Crippen molar-refractivity contribution in [3.8, 4) is 0 Å². The first-order valence-corrected chi connectivity index (χ1v) is 7.78. The number of halogens is 1. The van der Waals surface area contributed by atoms with Gasteiger partial charge in [0, 0.05) is 25.3 Å². The van der Waals surface area contributed by atoms with E-state index in [4.69, 9.17) is 5.11 Å². The van der Waals surface area contributed by atoms with E-state index in [0.29, 0.717) is 30.2 Å². The molecule has 0 aliphatic carbocycles. The first-order valence-electron chi connectivity index (χ1n) is 7.78. The van der Waals surface area contributed by atoms with Gasteiger partial charge in [-0.05, 0) is 36.2 Å². The average molecular weight is 327 g/mol. The molecule has 3 N–H and O–H groups in total. The number of nitrogens with one attached hydrogen (secondary N) is 2. The largest absolute Gasteiger partial charge is 0.478 e. The fourth-order valence-corrected chi connectivity index (χ4v) is 2.57. The van der Waals surface area contributed by atoms with E-state index in [-0.39, 0.29) is 11.4 Å². The van der Waals surface area contributed by atoms with Gasteiger partial charge in [0.25, 0.3) is 0 Å². The lowest BCUT2D eigenvalue weighted by atomic mass is 10.1. The molecule has 0 amide bonds. The molecular weight excluding hydrogens is 309 g/mol. The first kappa shape index (κ1) is 16.0. The minimum atomic E-state index is -0.955. The number of hydrogen-bond acceptors (Lipinski definition) is 4. The van der Waals surface area contributed by atoms with Crippen LogP contribution in [0.5, 0.6) is 0 Å². The van der Waals surface area contributed by atoms with Crippen LogP contribution in [0.4, 0.5) is 10.1 Å². The number of amidine groups is 1. The van der Waals surface area contributed by atoms with E-state index in [9.17, 15) is 9.18 Å². The number of rotatable bonds is 5. The second kappa shape index (κ2) is 7.12. The monoisotopic (exact) mass is 327 g/mol. The molecule has 24 heavy (non-hydrogen) atoms. The van der Waals surface area contributed by atoms with Crippen LogP contribution in [0.3, 0.4) is 0 Å². The molecule has 1 aliphatic rings. The number of carboxylic acid groups (broad SMARTS) is 1. The summed E-state index contributed by atoms with van der Waals surface area (Å²) in [6.45, 7) is 1.93. The van der Waals surface area contributed by atoms with Gasteiger partial charge in [-0.3, -0.25) is 4.99 Å². The Hall–Kier alpha value is -2.89. The van der Waals surface area contributed by atoms with Crippen molar-refractivity contribution in [1.82, 2.24) is 5.32 Å². The van der Waals surface area contributed by atoms with E-state index >= 15 is 0 Å². The van der Waals surface area contributed by atoms with Crippen LogP contribution in [0.2, 0.25) is 0 Å². The maximum atomic E-state index is 14.3. The molecule has 124 valence electrons. The van der Waals surface area contributed by atoms with Gasteiger partial charge in [0.15, 0.2) is 0 Å². The fourth-order valence-electron chi connectivity index (χ4n) is 2.57. The van der Waals surface area contributed by atoms with E-state index in [0.717, 1.165) is 18.5 Å². The SMILES string of the molecule is O=C(O)c1ccc(CNc2cccc(F)c2C2=NCCCN2)cc1. The van der Waals surface area contributed by atoms with Crippen molar-refractivity contribution in [2.45, 2.75) is 13.0 Å². The van der Waals surface area contributed by atoms with Crippen molar-refractivity contribution in [3.63, 3.8) is 0 Å². The van der Waals surface area contributed by atoms with Crippen molar-refractivity contribution in [1.29, 1.82) is 0 Å². The summed E-state index contributed by atoms with van der Waals surface area (Å²) in [6.07, 6.45) is 0.941. The standard InChI is InChI=1S/C18H18FN3O2/c19-14-3-1-4-15(16(14)17-20-9-2-10-21-17)22-11-12-5-7-13(8-6-12)18(23)24/h1,3-8,22H,2,9-11H2,(H,20,21)(H,23,24). The summed E-state index contributed by atoms with van der Waals surface area (Å²) in [7, 11) is 0. The molecule has 2 aromatic carbocycles. The molecule has 0 spiro atoms. The summed E-state index contributed by atoms with van der Waals surface area (Å²) in [5.74, 6) is -0.708. The quantitative estimate of drug-likeness (QED) is 0.789. The van der Waals surface area contributed by atoms with Gasteiger partial charge in [0.2, 0.25) is 0 Å². The summed E-state index contributed by atoms with van der Waals surface area (Å²) in [5, 5.41) is 15.3. The predicted molar refractivity (Wildman–Crippen MR) is 91.2 cm³/mol. The fraction of sp³-hybridized carbons (Fsp3) is 0.222. The molecule has 0 bridgehead atoms. The van der Waals surface area contributed by atoms with Gasteiger partial charge in [0.05, 0.1) is 11.1 Å². The zero-order chi connectivity index (χ0) is 16.9. The molecule has 6 heteroatoms. The van der Waals surface area contributed by atoms with Crippen molar-refractivity contribution < 1.29 is 14.3 Å². The minimum Gasteiger partial charge on any atom is -0.478 e. The normalized spacial score (nSPS) is 13.8.